The minimum Gasteiger partial charge on any atom is -0.462 e. The van der Waals surface area contributed by atoms with Crippen molar-refractivity contribution in [1.29, 1.82) is 0 Å². The number of esters is 1. The van der Waals surface area contributed by atoms with Crippen LogP contribution in [0.25, 0.3) is 22.0 Å². The molecule has 4 nitrogen and oxygen atoms in total. The van der Waals surface area contributed by atoms with E-state index in [0.717, 1.165) is 5.56 Å². The van der Waals surface area contributed by atoms with Crippen molar-refractivity contribution < 1.29 is 9.53 Å². The predicted octanol–water partition coefficient (Wildman–Crippen LogP) is 3.38. The van der Waals surface area contributed by atoms with Gasteiger partial charge in [0, 0.05) is 17.8 Å². The molecular formula is C19H17NO3. The van der Waals surface area contributed by atoms with Crippen LogP contribution in [0.15, 0.2) is 59.4 Å². The van der Waals surface area contributed by atoms with Gasteiger partial charge in [0.25, 0.3) is 5.56 Å². The lowest BCUT2D eigenvalue weighted by molar-refractivity contribution is 0.0529. The summed E-state index contributed by atoms with van der Waals surface area (Å²) < 4.78 is 6.76. The zero-order chi connectivity index (χ0) is 16.4. The first-order valence-corrected chi connectivity index (χ1v) is 7.49. The molecular weight excluding hydrogens is 290 g/mol. The molecule has 0 aliphatic carbocycles. The van der Waals surface area contributed by atoms with E-state index >= 15 is 0 Å². The van der Waals surface area contributed by atoms with Crippen molar-refractivity contribution in [3.63, 3.8) is 0 Å². The average Bonchev–Trinajstić information content (AvgIpc) is 2.58. The van der Waals surface area contributed by atoms with Gasteiger partial charge in [-0.2, -0.15) is 0 Å². The van der Waals surface area contributed by atoms with Crippen LogP contribution in [0, 0.1) is 0 Å². The molecule has 0 bridgehead atoms. The number of aromatic nitrogens is 1. The molecule has 3 rings (SSSR count). The fraction of sp³-hybridized carbons (Fsp3) is 0.158. The van der Waals surface area contributed by atoms with Crippen molar-refractivity contribution in [2.75, 3.05) is 6.61 Å². The molecule has 0 saturated heterocycles. The van der Waals surface area contributed by atoms with E-state index in [4.69, 9.17) is 4.74 Å². The topological polar surface area (TPSA) is 48.3 Å². The Labute approximate surface area is 133 Å². The number of pyridine rings is 1. The molecule has 0 N–H and O–H groups in total. The zero-order valence-electron chi connectivity index (χ0n) is 13.1. The van der Waals surface area contributed by atoms with Gasteiger partial charge in [-0.1, -0.05) is 48.5 Å². The molecule has 0 atom stereocenters. The molecule has 1 aromatic heterocycles. The number of nitrogens with zero attached hydrogens (tertiary/aromatic N) is 1. The van der Waals surface area contributed by atoms with Gasteiger partial charge in [0.2, 0.25) is 0 Å². The van der Waals surface area contributed by atoms with Crippen LogP contribution in [0.3, 0.4) is 0 Å². The van der Waals surface area contributed by atoms with Gasteiger partial charge < -0.3 is 9.30 Å². The lowest BCUT2D eigenvalue weighted by Crippen LogP contribution is -2.23. The summed E-state index contributed by atoms with van der Waals surface area (Å²) in [6.07, 6.45) is 0. The van der Waals surface area contributed by atoms with Crippen LogP contribution >= 0.6 is 0 Å². The predicted molar refractivity (Wildman–Crippen MR) is 90.6 cm³/mol. The van der Waals surface area contributed by atoms with E-state index in [9.17, 15) is 9.59 Å². The first-order valence-electron chi connectivity index (χ1n) is 7.49. The van der Waals surface area contributed by atoms with E-state index in [0.29, 0.717) is 22.0 Å². The standard InChI is InChI=1S/C19H17NO3/c1-3-23-19(22)16-14-11-7-8-12-15(14)18(21)20(2)17(16)13-9-5-4-6-10-13/h4-12H,3H2,1-2H3. The third kappa shape index (κ3) is 2.52. The highest BCUT2D eigenvalue weighted by atomic mass is 16.5. The Morgan fingerprint density at radius 1 is 1.00 bits per heavy atom. The maximum absolute atomic E-state index is 12.7. The lowest BCUT2D eigenvalue weighted by Gasteiger charge is -2.16. The second-order valence-electron chi connectivity index (χ2n) is 5.22. The number of hydrogen-bond acceptors (Lipinski definition) is 3. The summed E-state index contributed by atoms with van der Waals surface area (Å²) in [5.74, 6) is -0.418. The molecule has 0 aliphatic heterocycles. The van der Waals surface area contributed by atoms with E-state index in [1.54, 1.807) is 32.2 Å². The van der Waals surface area contributed by atoms with Crippen LogP contribution in [-0.2, 0) is 11.8 Å². The molecule has 116 valence electrons. The van der Waals surface area contributed by atoms with Gasteiger partial charge in [-0.15, -0.1) is 0 Å². The Morgan fingerprint density at radius 2 is 1.61 bits per heavy atom. The highest BCUT2D eigenvalue weighted by Gasteiger charge is 2.22. The molecule has 0 spiro atoms. The van der Waals surface area contributed by atoms with Gasteiger partial charge >= 0.3 is 5.97 Å². The largest absolute Gasteiger partial charge is 0.462 e. The minimum atomic E-state index is -0.418. The monoisotopic (exact) mass is 307 g/mol. The molecule has 23 heavy (non-hydrogen) atoms. The van der Waals surface area contributed by atoms with Gasteiger partial charge in [0.1, 0.15) is 0 Å². The van der Waals surface area contributed by atoms with Gasteiger partial charge in [-0.25, -0.2) is 4.79 Å². The molecule has 0 amide bonds. The van der Waals surface area contributed by atoms with Crippen LogP contribution in [0.5, 0.6) is 0 Å². The van der Waals surface area contributed by atoms with Crippen molar-refractivity contribution >= 4 is 16.7 Å². The van der Waals surface area contributed by atoms with Gasteiger partial charge in [0.15, 0.2) is 0 Å². The van der Waals surface area contributed by atoms with Crippen molar-refractivity contribution in [3.8, 4) is 11.3 Å². The third-order valence-electron chi connectivity index (χ3n) is 3.83. The van der Waals surface area contributed by atoms with Crippen molar-refractivity contribution in [1.82, 2.24) is 4.57 Å². The SMILES string of the molecule is CCOC(=O)c1c(-c2ccccc2)n(C)c(=O)c2ccccc12. The summed E-state index contributed by atoms with van der Waals surface area (Å²) in [5.41, 5.74) is 1.68. The molecule has 0 aliphatic rings. The van der Waals surface area contributed by atoms with Gasteiger partial charge in [-0.05, 0) is 18.6 Å². The van der Waals surface area contributed by atoms with Crippen LogP contribution in [0.4, 0.5) is 0 Å². The fourth-order valence-electron chi connectivity index (χ4n) is 2.81. The Hall–Kier alpha value is -2.88. The molecule has 0 unspecified atom stereocenters. The molecule has 0 radical (unpaired) electrons. The summed E-state index contributed by atoms with van der Waals surface area (Å²) in [7, 11) is 1.68. The van der Waals surface area contributed by atoms with Crippen molar-refractivity contribution in [2.45, 2.75) is 6.92 Å². The summed E-state index contributed by atoms with van der Waals surface area (Å²) in [6.45, 7) is 2.05. The summed E-state index contributed by atoms with van der Waals surface area (Å²) in [4.78, 5) is 25.2. The first kappa shape index (κ1) is 15.0. The van der Waals surface area contributed by atoms with Crippen LogP contribution in [-0.4, -0.2) is 17.1 Å². The molecule has 2 aromatic carbocycles. The number of benzene rings is 2. The minimum absolute atomic E-state index is 0.132. The highest BCUT2D eigenvalue weighted by molar-refractivity contribution is 6.09. The molecule has 1 heterocycles. The number of ether oxygens (including phenoxy) is 1. The number of carbonyl (C=O) groups is 1. The number of carbonyl (C=O) groups excluding carboxylic acids is 1. The quantitative estimate of drug-likeness (QED) is 0.697. The normalized spacial score (nSPS) is 10.7. The molecule has 4 heteroatoms. The molecule has 3 aromatic rings. The zero-order valence-corrected chi connectivity index (χ0v) is 13.1. The first-order chi connectivity index (χ1) is 11.1. The van der Waals surface area contributed by atoms with E-state index in [-0.39, 0.29) is 12.2 Å². The number of hydrogen-bond donors (Lipinski definition) is 0. The van der Waals surface area contributed by atoms with Crippen LogP contribution in [0.1, 0.15) is 17.3 Å². The number of rotatable bonds is 3. The molecule has 0 fully saturated rings. The Kier molecular flexibility index (Phi) is 3.98. The van der Waals surface area contributed by atoms with Crippen LogP contribution < -0.4 is 5.56 Å². The van der Waals surface area contributed by atoms with E-state index in [1.807, 2.05) is 36.4 Å². The Morgan fingerprint density at radius 3 is 2.26 bits per heavy atom. The smallest absolute Gasteiger partial charge is 0.340 e. The second kappa shape index (κ2) is 6.08. The molecule has 0 saturated carbocycles. The lowest BCUT2D eigenvalue weighted by atomic mass is 9.99. The second-order valence-corrected chi connectivity index (χ2v) is 5.22. The van der Waals surface area contributed by atoms with E-state index < -0.39 is 5.97 Å². The highest BCUT2D eigenvalue weighted by Crippen LogP contribution is 2.28. The maximum atomic E-state index is 12.7. The van der Waals surface area contributed by atoms with Gasteiger partial charge in [0.05, 0.1) is 17.9 Å². The van der Waals surface area contributed by atoms with E-state index in [1.165, 1.54) is 4.57 Å². The fourth-order valence-corrected chi connectivity index (χ4v) is 2.81. The van der Waals surface area contributed by atoms with Gasteiger partial charge in [-0.3, -0.25) is 4.79 Å². The summed E-state index contributed by atoms with van der Waals surface area (Å²) in [5, 5.41) is 1.13. The van der Waals surface area contributed by atoms with Crippen LogP contribution in [0.2, 0.25) is 0 Å². The van der Waals surface area contributed by atoms with Crippen molar-refractivity contribution in [3.05, 3.63) is 70.5 Å². The third-order valence-corrected chi connectivity index (χ3v) is 3.83. The summed E-state index contributed by atoms with van der Waals surface area (Å²) in [6, 6.07) is 16.5. The van der Waals surface area contributed by atoms with E-state index in [2.05, 4.69) is 0 Å². The number of fused-ring (bicyclic) bond motifs is 1. The summed E-state index contributed by atoms with van der Waals surface area (Å²) >= 11 is 0. The maximum Gasteiger partial charge on any atom is 0.340 e. The van der Waals surface area contributed by atoms with Crippen molar-refractivity contribution in [2.24, 2.45) is 7.05 Å². The average molecular weight is 307 g/mol. The Balaban J connectivity index is 2.47. The Bertz CT molecular complexity index is 926.